The fourth-order valence-corrected chi connectivity index (χ4v) is 2.76. The average molecular weight is 344 g/mol. The highest BCUT2D eigenvalue weighted by Crippen LogP contribution is 2.48. The molecule has 0 aliphatic heterocycles. The molecule has 1 aliphatic rings. The lowest BCUT2D eigenvalue weighted by atomic mass is 10.1. The molecule has 6 heteroatoms. The van der Waals surface area contributed by atoms with Crippen LogP contribution in [0.25, 0.3) is 0 Å². The Morgan fingerprint density at radius 1 is 1.17 bits per heavy atom. The van der Waals surface area contributed by atoms with Crippen LogP contribution < -0.4 is 5.32 Å². The van der Waals surface area contributed by atoms with Gasteiger partial charge in [0.05, 0.1) is 0 Å². The van der Waals surface area contributed by atoms with Crippen LogP contribution in [0.2, 0.25) is 5.02 Å². The summed E-state index contributed by atoms with van der Waals surface area (Å²) >= 11 is 5.89. The van der Waals surface area contributed by atoms with Crippen molar-refractivity contribution in [2.45, 2.75) is 12.3 Å². The molecule has 2 amide bonds. The molecule has 0 bridgehead atoms. The lowest BCUT2D eigenvalue weighted by Crippen LogP contribution is -2.23. The lowest BCUT2D eigenvalue weighted by Gasteiger charge is -2.10. The van der Waals surface area contributed by atoms with Crippen LogP contribution in [-0.2, 0) is 4.79 Å². The molecule has 0 spiro atoms. The molecule has 2 aromatic rings. The van der Waals surface area contributed by atoms with Crippen molar-refractivity contribution >= 4 is 29.2 Å². The van der Waals surface area contributed by atoms with Crippen LogP contribution in [0.3, 0.4) is 0 Å². The molecular formula is C18H18ClN3O2. The molecule has 3 rings (SSSR count). The number of nitrogens with zero attached hydrogens (tertiary/aromatic N) is 2. The van der Waals surface area contributed by atoms with E-state index in [0.717, 1.165) is 12.0 Å². The van der Waals surface area contributed by atoms with Gasteiger partial charge in [-0.25, -0.2) is 4.98 Å². The molecule has 124 valence electrons. The van der Waals surface area contributed by atoms with E-state index in [0.29, 0.717) is 16.5 Å². The highest BCUT2D eigenvalue weighted by Gasteiger charge is 2.44. The smallest absolute Gasteiger partial charge is 0.272 e. The molecule has 1 heterocycles. The molecule has 1 aromatic heterocycles. The number of hydrogen-bond donors (Lipinski definition) is 1. The number of halogens is 1. The third kappa shape index (κ3) is 3.57. The van der Waals surface area contributed by atoms with E-state index < -0.39 is 0 Å². The fraction of sp³-hybridized carbons (Fsp3) is 0.278. The highest BCUT2D eigenvalue weighted by atomic mass is 35.5. The maximum atomic E-state index is 12.4. The standard InChI is InChI=1S/C18H18ClN3O2/c1-22(2)18(24)15-4-3-5-16(20-15)21-17(23)14-10-13(14)11-6-8-12(19)9-7-11/h3-9,13-14H,10H2,1-2H3,(H,20,21,23)/t13-,14+/m1/s1. The monoisotopic (exact) mass is 343 g/mol. The van der Waals surface area contributed by atoms with Crippen molar-refractivity contribution in [2.75, 3.05) is 19.4 Å². The minimum Gasteiger partial charge on any atom is -0.343 e. The summed E-state index contributed by atoms with van der Waals surface area (Å²) in [5.74, 6) is 0.276. The Balaban J connectivity index is 1.65. The Labute approximate surface area is 145 Å². The van der Waals surface area contributed by atoms with E-state index in [-0.39, 0.29) is 23.7 Å². The first-order chi connectivity index (χ1) is 11.5. The summed E-state index contributed by atoms with van der Waals surface area (Å²) in [4.78, 5) is 30.0. The maximum absolute atomic E-state index is 12.4. The van der Waals surface area contributed by atoms with Crippen molar-refractivity contribution < 1.29 is 9.59 Å². The van der Waals surface area contributed by atoms with E-state index in [2.05, 4.69) is 10.3 Å². The predicted octanol–water partition coefficient (Wildman–Crippen LogP) is 3.18. The Hall–Kier alpha value is -2.40. The zero-order chi connectivity index (χ0) is 17.3. The molecule has 1 saturated carbocycles. The van der Waals surface area contributed by atoms with Gasteiger partial charge in [0, 0.05) is 25.0 Å². The van der Waals surface area contributed by atoms with E-state index in [9.17, 15) is 9.59 Å². The van der Waals surface area contributed by atoms with Gasteiger partial charge in [-0.2, -0.15) is 0 Å². The number of rotatable bonds is 4. The Morgan fingerprint density at radius 2 is 1.88 bits per heavy atom. The normalized spacial score (nSPS) is 18.8. The van der Waals surface area contributed by atoms with Crippen molar-refractivity contribution in [1.82, 2.24) is 9.88 Å². The summed E-state index contributed by atoms with van der Waals surface area (Å²) < 4.78 is 0. The zero-order valence-electron chi connectivity index (χ0n) is 13.5. The Bertz CT molecular complexity index is 774. The Morgan fingerprint density at radius 3 is 2.54 bits per heavy atom. The molecule has 2 atom stereocenters. The number of amides is 2. The van der Waals surface area contributed by atoms with Crippen molar-refractivity contribution in [3.8, 4) is 0 Å². The van der Waals surface area contributed by atoms with Gasteiger partial charge in [-0.3, -0.25) is 9.59 Å². The van der Waals surface area contributed by atoms with E-state index >= 15 is 0 Å². The van der Waals surface area contributed by atoms with Gasteiger partial charge in [-0.05, 0) is 42.2 Å². The molecule has 1 N–H and O–H groups in total. The molecule has 1 fully saturated rings. The SMILES string of the molecule is CN(C)C(=O)c1cccc(NC(=O)[C@H]2C[C@@H]2c2ccc(Cl)cc2)n1. The number of benzene rings is 1. The van der Waals surface area contributed by atoms with Gasteiger partial charge in [0.25, 0.3) is 5.91 Å². The van der Waals surface area contributed by atoms with Crippen LogP contribution in [0.1, 0.15) is 28.4 Å². The van der Waals surface area contributed by atoms with Gasteiger partial charge in [0.15, 0.2) is 0 Å². The number of nitrogens with one attached hydrogen (secondary N) is 1. The minimum absolute atomic E-state index is 0.0684. The summed E-state index contributed by atoms with van der Waals surface area (Å²) in [6.45, 7) is 0. The Kier molecular flexibility index (Phi) is 4.53. The summed E-state index contributed by atoms with van der Waals surface area (Å²) in [6, 6.07) is 12.6. The zero-order valence-corrected chi connectivity index (χ0v) is 14.2. The predicted molar refractivity (Wildman–Crippen MR) is 93.2 cm³/mol. The third-order valence-corrected chi connectivity index (χ3v) is 4.30. The maximum Gasteiger partial charge on any atom is 0.272 e. The third-order valence-electron chi connectivity index (χ3n) is 4.05. The summed E-state index contributed by atoms with van der Waals surface area (Å²) in [7, 11) is 3.33. The molecule has 0 unspecified atom stereocenters. The minimum atomic E-state index is -0.198. The van der Waals surface area contributed by atoms with Crippen molar-refractivity contribution in [1.29, 1.82) is 0 Å². The molecule has 5 nitrogen and oxygen atoms in total. The fourth-order valence-electron chi connectivity index (χ4n) is 2.63. The van der Waals surface area contributed by atoms with E-state index in [1.165, 1.54) is 4.90 Å². The van der Waals surface area contributed by atoms with Gasteiger partial charge in [-0.15, -0.1) is 0 Å². The number of carbonyl (C=O) groups excluding carboxylic acids is 2. The van der Waals surface area contributed by atoms with Crippen molar-refractivity contribution in [3.05, 3.63) is 58.7 Å². The number of hydrogen-bond acceptors (Lipinski definition) is 3. The largest absolute Gasteiger partial charge is 0.343 e. The number of anilines is 1. The van der Waals surface area contributed by atoms with Crippen LogP contribution in [-0.4, -0.2) is 35.8 Å². The lowest BCUT2D eigenvalue weighted by molar-refractivity contribution is -0.117. The molecule has 1 aromatic carbocycles. The average Bonchev–Trinajstić information content (AvgIpc) is 3.35. The van der Waals surface area contributed by atoms with Gasteiger partial charge < -0.3 is 10.2 Å². The molecule has 1 aliphatic carbocycles. The van der Waals surface area contributed by atoms with Crippen LogP contribution in [0, 0.1) is 5.92 Å². The molecule has 0 saturated heterocycles. The molecule has 24 heavy (non-hydrogen) atoms. The van der Waals surface area contributed by atoms with Crippen molar-refractivity contribution in [2.24, 2.45) is 5.92 Å². The van der Waals surface area contributed by atoms with Crippen LogP contribution in [0.15, 0.2) is 42.5 Å². The number of pyridine rings is 1. The second kappa shape index (κ2) is 6.61. The van der Waals surface area contributed by atoms with Gasteiger partial charge in [0.2, 0.25) is 5.91 Å². The topological polar surface area (TPSA) is 62.3 Å². The quantitative estimate of drug-likeness (QED) is 0.927. The second-order valence-corrected chi connectivity index (χ2v) is 6.53. The van der Waals surface area contributed by atoms with E-state index in [4.69, 9.17) is 11.6 Å². The first kappa shape index (κ1) is 16.5. The van der Waals surface area contributed by atoms with Gasteiger partial charge in [-0.1, -0.05) is 29.8 Å². The summed E-state index contributed by atoms with van der Waals surface area (Å²) in [5.41, 5.74) is 1.42. The first-order valence-corrected chi connectivity index (χ1v) is 8.08. The van der Waals surface area contributed by atoms with Gasteiger partial charge >= 0.3 is 0 Å². The van der Waals surface area contributed by atoms with Crippen molar-refractivity contribution in [3.63, 3.8) is 0 Å². The highest BCUT2D eigenvalue weighted by molar-refractivity contribution is 6.30. The van der Waals surface area contributed by atoms with Gasteiger partial charge in [0.1, 0.15) is 11.5 Å². The summed E-state index contributed by atoms with van der Waals surface area (Å²) in [6.07, 6.45) is 0.809. The van der Waals surface area contributed by atoms with Crippen LogP contribution in [0.5, 0.6) is 0 Å². The first-order valence-electron chi connectivity index (χ1n) is 7.71. The van der Waals surface area contributed by atoms with Crippen LogP contribution in [0.4, 0.5) is 5.82 Å². The van der Waals surface area contributed by atoms with E-state index in [1.54, 1.807) is 32.3 Å². The number of carbonyl (C=O) groups is 2. The molecule has 0 radical (unpaired) electrons. The summed E-state index contributed by atoms with van der Waals surface area (Å²) in [5, 5.41) is 3.49. The van der Waals surface area contributed by atoms with E-state index in [1.807, 2.05) is 24.3 Å². The number of aromatic nitrogens is 1. The van der Waals surface area contributed by atoms with Crippen LogP contribution >= 0.6 is 11.6 Å². The molecular weight excluding hydrogens is 326 g/mol. The second-order valence-electron chi connectivity index (χ2n) is 6.10.